The highest BCUT2D eigenvalue weighted by molar-refractivity contribution is 6.05. The zero-order valence-corrected chi connectivity index (χ0v) is 16.4. The van der Waals surface area contributed by atoms with E-state index in [-0.39, 0.29) is 23.3 Å². The number of fused-ring (bicyclic) bond motifs is 1. The van der Waals surface area contributed by atoms with Gasteiger partial charge in [0.05, 0.1) is 17.3 Å². The van der Waals surface area contributed by atoms with E-state index in [4.69, 9.17) is 5.26 Å². The van der Waals surface area contributed by atoms with E-state index in [0.29, 0.717) is 30.8 Å². The molecule has 0 aliphatic carbocycles. The Kier molecular flexibility index (Phi) is 5.57. The van der Waals surface area contributed by atoms with Gasteiger partial charge in [-0.15, -0.1) is 0 Å². The zero-order chi connectivity index (χ0) is 20.9. The van der Waals surface area contributed by atoms with Gasteiger partial charge in [-0.2, -0.15) is 5.26 Å². The third-order valence-electron chi connectivity index (χ3n) is 5.08. The van der Waals surface area contributed by atoms with Crippen molar-refractivity contribution in [1.82, 2.24) is 14.9 Å². The molecule has 0 saturated heterocycles. The van der Waals surface area contributed by atoms with Crippen LogP contribution in [0, 0.1) is 11.3 Å². The molecule has 30 heavy (non-hydrogen) atoms. The second kappa shape index (κ2) is 8.62. The number of nitriles is 1. The summed E-state index contributed by atoms with van der Waals surface area (Å²) in [6, 6.07) is 18.4. The summed E-state index contributed by atoms with van der Waals surface area (Å²) < 4.78 is 1.85. The molecule has 3 aromatic rings. The van der Waals surface area contributed by atoms with E-state index in [2.05, 4.69) is 21.7 Å². The highest BCUT2D eigenvalue weighted by Gasteiger charge is 2.27. The molecule has 4 rings (SSSR count). The maximum Gasteiger partial charge on any atom is 0.287 e. The lowest BCUT2D eigenvalue weighted by Gasteiger charge is -2.17. The summed E-state index contributed by atoms with van der Waals surface area (Å²) in [6.07, 6.45) is 2.58. The minimum Gasteiger partial charge on any atom is -0.345 e. The van der Waals surface area contributed by atoms with Crippen LogP contribution in [0.5, 0.6) is 0 Å². The van der Waals surface area contributed by atoms with E-state index in [9.17, 15) is 9.59 Å². The third-order valence-corrected chi connectivity index (χ3v) is 5.08. The van der Waals surface area contributed by atoms with Crippen molar-refractivity contribution in [1.29, 1.82) is 5.26 Å². The molecule has 0 radical (unpaired) electrons. The summed E-state index contributed by atoms with van der Waals surface area (Å²) in [5, 5.41) is 14.7. The number of aromatic nitrogens is 2. The van der Waals surface area contributed by atoms with Gasteiger partial charge < -0.3 is 15.2 Å². The monoisotopic (exact) mass is 399 g/mol. The van der Waals surface area contributed by atoms with Gasteiger partial charge in [-0.25, -0.2) is 4.98 Å². The van der Waals surface area contributed by atoms with E-state index in [1.165, 1.54) is 0 Å². The average Bonchev–Trinajstić information content (AvgIpc) is 3.18. The SMILES string of the molecule is N#Cc1cccc(NC(=O)c2nc(C(=O)NCc3ccccc3)n3c2CCCC3)c1. The summed E-state index contributed by atoms with van der Waals surface area (Å²) in [5.41, 5.74) is 3.01. The number of hydrogen-bond acceptors (Lipinski definition) is 4. The molecule has 2 N–H and O–H groups in total. The molecule has 0 spiro atoms. The molecule has 2 heterocycles. The second-order valence-electron chi connectivity index (χ2n) is 7.15. The third kappa shape index (κ3) is 4.08. The van der Waals surface area contributed by atoms with Crippen LogP contribution in [0.15, 0.2) is 54.6 Å². The lowest BCUT2D eigenvalue weighted by Crippen LogP contribution is -2.27. The van der Waals surface area contributed by atoms with Crippen molar-refractivity contribution in [2.75, 3.05) is 5.32 Å². The minimum atomic E-state index is -0.377. The molecular weight excluding hydrogens is 378 g/mol. The standard InChI is InChI=1S/C23H21N5O2/c24-14-17-9-6-10-18(13-17)26-22(29)20-19-11-4-5-12-28(19)21(27-20)23(30)25-15-16-7-2-1-3-8-16/h1-3,6-10,13H,4-5,11-12,15H2,(H,25,30)(H,26,29). The number of hydrogen-bond donors (Lipinski definition) is 2. The highest BCUT2D eigenvalue weighted by atomic mass is 16.2. The fourth-order valence-electron chi connectivity index (χ4n) is 3.61. The number of benzene rings is 2. The quantitative estimate of drug-likeness (QED) is 0.688. The van der Waals surface area contributed by atoms with Gasteiger partial charge >= 0.3 is 0 Å². The number of amides is 2. The topological polar surface area (TPSA) is 99.8 Å². The summed E-state index contributed by atoms with van der Waals surface area (Å²) in [5.74, 6) is -0.415. The van der Waals surface area contributed by atoms with E-state index in [1.807, 2.05) is 34.9 Å². The summed E-state index contributed by atoms with van der Waals surface area (Å²) >= 11 is 0. The van der Waals surface area contributed by atoms with Crippen LogP contribution < -0.4 is 10.6 Å². The van der Waals surface area contributed by atoms with Gasteiger partial charge in [0.1, 0.15) is 0 Å². The minimum absolute atomic E-state index is 0.261. The first-order valence-corrected chi connectivity index (χ1v) is 9.89. The smallest absolute Gasteiger partial charge is 0.287 e. The normalized spacial score (nSPS) is 12.5. The summed E-state index contributed by atoms with van der Waals surface area (Å²) in [7, 11) is 0. The van der Waals surface area contributed by atoms with Crippen LogP contribution in [0.1, 0.15) is 50.8 Å². The predicted octanol–water partition coefficient (Wildman–Crippen LogP) is 3.27. The molecule has 1 aromatic heterocycles. The fourth-order valence-corrected chi connectivity index (χ4v) is 3.61. The van der Waals surface area contributed by atoms with Crippen molar-refractivity contribution in [2.24, 2.45) is 0 Å². The van der Waals surface area contributed by atoms with Crippen LogP contribution in [-0.2, 0) is 19.5 Å². The average molecular weight is 399 g/mol. The first-order chi connectivity index (χ1) is 14.7. The van der Waals surface area contributed by atoms with E-state index in [0.717, 1.165) is 24.1 Å². The Labute approximate surface area is 174 Å². The predicted molar refractivity (Wildman–Crippen MR) is 112 cm³/mol. The number of carbonyl (C=O) groups is 2. The van der Waals surface area contributed by atoms with Crippen molar-refractivity contribution in [3.63, 3.8) is 0 Å². The number of nitrogens with one attached hydrogen (secondary N) is 2. The Balaban J connectivity index is 1.56. The molecule has 1 aliphatic rings. The molecule has 7 heteroatoms. The van der Waals surface area contributed by atoms with Crippen LogP contribution in [0.3, 0.4) is 0 Å². The van der Waals surface area contributed by atoms with Gasteiger partial charge in [-0.1, -0.05) is 36.4 Å². The zero-order valence-electron chi connectivity index (χ0n) is 16.4. The molecule has 1 aliphatic heterocycles. The molecule has 0 saturated carbocycles. The number of rotatable bonds is 5. The maximum atomic E-state index is 12.9. The van der Waals surface area contributed by atoms with Crippen LogP contribution in [0.4, 0.5) is 5.69 Å². The first-order valence-electron chi connectivity index (χ1n) is 9.89. The second-order valence-corrected chi connectivity index (χ2v) is 7.15. The maximum absolute atomic E-state index is 12.9. The van der Waals surface area contributed by atoms with E-state index in [1.54, 1.807) is 24.3 Å². The number of nitrogens with zero attached hydrogens (tertiary/aromatic N) is 3. The van der Waals surface area contributed by atoms with Gasteiger partial charge in [0.25, 0.3) is 11.8 Å². The van der Waals surface area contributed by atoms with Crippen LogP contribution in [-0.4, -0.2) is 21.4 Å². The molecule has 0 bridgehead atoms. The van der Waals surface area contributed by atoms with Crippen molar-refractivity contribution >= 4 is 17.5 Å². The molecule has 7 nitrogen and oxygen atoms in total. The van der Waals surface area contributed by atoms with Gasteiger partial charge in [-0.3, -0.25) is 9.59 Å². The molecule has 0 unspecified atom stereocenters. The van der Waals surface area contributed by atoms with Crippen molar-refractivity contribution in [2.45, 2.75) is 32.4 Å². The van der Waals surface area contributed by atoms with Crippen LogP contribution in [0.2, 0.25) is 0 Å². The Bertz CT molecular complexity index is 1130. The van der Waals surface area contributed by atoms with Crippen molar-refractivity contribution in [3.8, 4) is 6.07 Å². The van der Waals surface area contributed by atoms with E-state index < -0.39 is 0 Å². The van der Waals surface area contributed by atoms with E-state index >= 15 is 0 Å². The Morgan fingerprint density at radius 1 is 1.07 bits per heavy atom. The van der Waals surface area contributed by atoms with Gasteiger partial charge in [-0.05, 0) is 43.0 Å². The highest BCUT2D eigenvalue weighted by Crippen LogP contribution is 2.22. The first kappa shape index (κ1) is 19.4. The Morgan fingerprint density at radius 3 is 2.70 bits per heavy atom. The van der Waals surface area contributed by atoms with Crippen LogP contribution >= 0.6 is 0 Å². The summed E-state index contributed by atoms with van der Waals surface area (Å²) in [4.78, 5) is 30.1. The van der Waals surface area contributed by atoms with Crippen molar-refractivity contribution in [3.05, 3.63) is 82.9 Å². The largest absolute Gasteiger partial charge is 0.345 e. The van der Waals surface area contributed by atoms with Crippen molar-refractivity contribution < 1.29 is 9.59 Å². The number of imidazole rings is 1. The molecule has 150 valence electrons. The fraction of sp³-hybridized carbons (Fsp3) is 0.217. The number of carbonyl (C=O) groups excluding carboxylic acids is 2. The number of anilines is 1. The molecular formula is C23H21N5O2. The Hall–Kier alpha value is -3.92. The van der Waals surface area contributed by atoms with Crippen LogP contribution in [0.25, 0.3) is 0 Å². The van der Waals surface area contributed by atoms with Gasteiger partial charge in [0.15, 0.2) is 11.5 Å². The lowest BCUT2D eigenvalue weighted by atomic mass is 10.1. The van der Waals surface area contributed by atoms with Gasteiger partial charge in [0, 0.05) is 18.8 Å². The molecule has 0 fully saturated rings. The molecule has 0 atom stereocenters. The summed E-state index contributed by atoms with van der Waals surface area (Å²) in [6.45, 7) is 1.05. The molecule has 2 aromatic carbocycles. The molecule has 2 amide bonds. The lowest BCUT2D eigenvalue weighted by molar-refractivity contribution is 0.0935. The Morgan fingerprint density at radius 2 is 1.90 bits per heavy atom. The van der Waals surface area contributed by atoms with Gasteiger partial charge in [0.2, 0.25) is 0 Å².